The summed E-state index contributed by atoms with van der Waals surface area (Å²) in [5.41, 5.74) is 3.87. The molecule has 1 aliphatic rings. The Kier molecular flexibility index (Phi) is 4.94. The fourth-order valence-corrected chi connectivity index (χ4v) is 3.05. The number of carbonyl (C=O) groups is 1. The van der Waals surface area contributed by atoms with Crippen molar-refractivity contribution in [2.75, 3.05) is 13.1 Å². The van der Waals surface area contributed by atoms with E-state index in [1.807, 2.05) is 37.3 Å². The molecular formula is C18H20ClN3O. The maximum atomic E-state index is 11.9. The van der Waals surface area contributed by atoms with Crippen LogP contribution in [0.2, 0.25) is 5.02 Å². The molecule has 0 radical (unpaired) electrons. The van der Waals surface area contributed by atoms with Gasteiger partial charge in [-0.25, -0.2) is 4.98 Å². The number of rotatable bonds is 4. The summed E-state index contributed by atoms with van der Waals surface area (Å²) in [6.07, 6.45) is 0.854. The summed E-state index contributed by atoms with van der Waals surface area (Å²) >= 11 is 6.25. The number of halogens is 1. The number of hydrogen-bond acceptors (Lipinski definition) is 3. The Morgan fingerprint density at radius 2 is 2.13 bits per heavy atom. The van der Waals surface area contributed by atoms with Crippen molar-refractivity contribution in [1.82, 2.24) is 15.2 Å². The van der Waals surface area contributed by atoms with Gasteiger partial charge in [0.05, 0.1) is 0 Å². The van der Waals surface area contributed by atoms with E-state index in [9.17, 15) is 4.79 Å². The highest BCUT2D eigenvalue weighted by molar-refractivity contribution is 6.31. The van der Waals surface area contributed by atoms with Crippen molar-refractivity contribution >= 4 is 17.5 Å². The zero-order chi connectivity index (χ0) is 16.2. The van der Waals surface area contributed by atoms with Gasteiger partial charge in [-0.05, 0) is 30.2 Å². The highest BCUT2D eigenvalue weighted by Crippen LogP contribution is 2.22. The Labute approximate surface area is 141 Å². The molecule has 1 aromatic carbocycles. The Balaban J connectivity index is 1.72. The lowest BCUT2D eigenvalue weighted by molar-refractivity contribution is 0.0950. The van der Waals surface area contributed by atoms with E-state index >= 15 is 0 Å². The second kappa shape index (κ2) is 7.11. The third-order valence-corrected chi connectivity index (χ3v) is 4.42. The van der Waals surface area contributed by atoms with Gasteiger partial charge in [0.2, 0.25) is 0 Å². The average Bonchev–Trinajstić information content (AvgIpc) is 2.56. The van der Waals surface area contributed by atoms with Crippen LogP contribution in [0.25, 0.3) is 0 Å². The molecule has 23 heavy (non-hydrogen) atoms. The number of nitrogens with one attached hydrogen (secondary N) is 1. The number of carbonyl (C=O) groups excluding carboxylic acids is 1. The van der Waals surface area contributed by atoms with Crippen molar-refractivity contribution in [3.8, 4) is 0 Å². The molecule has 0 bridgehead atoms. The van der Waals surface area contributed by atoms with Crippen LogP contribution in [0.4, 0.5) is 0 Å². The maximum absolute atomic E-state index is 11.9. The lowest BCUT2D eigenvalue weighted by atomic mass is 10.0. The average molecular weight is 330 g/mol. The molecule has 3 rings (SSSR count). The van der Waals surface area contributed by atoms with Crippen molar-refractivity contribution in [1.29, 1.82) is 0 Å². The number of nitrogens with zero attached hydrogens (tertiary/aromatic N) is 2. The van der Waals surface area contributed by atoms with E-state index in [2.05, 4.69) is 21.3 Å². The van der Waals surface area contributed by atoms with E-state index in [1.54, 1.807) is 0 Å². The monoisotopic (exact) mass is 329 g/mol. The van der Waals surface area contributed by atoms with E-state index in [1.165, 1.54) is 5.56 Å². The van der Waals surface area contributed by atoms with Gasteiger partial charge >= 0.3 is 0 Å². The minimum atomic E-state index is -0.103. The number of benzene rings is 1. The first-order valence-corrected chi connectivity index (χ1v) is 8.28. The molecule has 0 saturated heterocycles. The van der Waals surface area contributed by atoms with Crippen LogP contribution in [0.1, 0.15) is 34.2 Å². The van der Waals surface area contributed by atoms with Crippen LogP contribution < -0.4 is 5.32 Å². The summed E-state index contributed by atoms with van der Waals surface area (Å²) in [4.78, 5) is 18.8. The summed E-state index contributed by atoms with van der Waals surface area (Å²) in [6.45, 7) is 5.11. The molecule has 0 fully saturated rings. The van der Waals surface area contributed by atoms with Crippen LogP contribution >= 0.6 is 11.6 Å². The molecule has 2 aromatic rings. The molecule has 1 amide bonds. The molecule has 1 aliphatic heterocycles. The Morgan fingerprint density at radius 3 is 2.91 bits per heavy atom. The van der Waals surface area contributed by atoms with Crippen LogP contribution in [0.15, 0.2) is 36.4 Å². The van der Waals surface area contributed by atoms with Crippen molar-refractivity contribution in [2.45, 2.75) is 26.4 Å². The van der Waals surface area contributed by atoms with Gasteiger partial charge in [-0.15, -0.1) is 0 Å². The van der Waals surface area contributed by atoms with Crippen LogP contribution in [0, 0.1) is 0 Å². The largest absolute Gasteiger partial charge is 0.351 e. The number of hydrogen-bond donors (Lipinski definition) is 1. The summed E-state index contributed by atoms with van der Waals surface area (Å²) in [6, 6.07) is 11.8. The first kappa shape index (κ1) is 16.0. The van der Waals surface area contributed by atoms with Crippen molar-refractivity contribution < 1.29 is 4.79 Å². The molecule has 4 nitrogen and oxygen atoms in total. The Hall–Kier alpha value is -1.91. The fourth-order valence-electron chi connectivity index (χ4n) is 2.85. The molecule has 5 heteroatoms. The lowest BCUT2D eigenvalue weighted by Gasteiger charge is -2.28. The Morgan fingerprint density at radius 1 is 1.30 bits per heavy atom. The minimum absolute atomic E-state index is 0.103. The standard InChI is InChI=1S/C18H20ClN3O/c1-2-20-18(23)17-8-7-14-12-22(10-9-16(14)21-17)11-13-5-3-4-6-15(13)19/h3-8H,2,9-12H2,1H3,(H,20,23). The van der Waals surface area contributed by atoms with Gasteiger partial charge in [-0.3, -0.25) is 9.69 Å². The Bertz CT molecular complexity index is 717. The topological polar surface area (TPSA) is 45.2 Å². The minimum Gasteiger partial charge on any atom is -0.351 e. The summed E-state index contributed by atoms with van der Waals surface area (Å²) < 4.78 is 0. The zero-order valence-corrected chi connectivity index (χ0v) is 13.9. The number of pyridine rings is 1. The summed E-state index contributed by atoms with van der Waals surface area (Å²) in [7, 11) is 0. The molecule has 120 valence electrons. The molecule has 0 atom stereocenters. The fraction of sp³-hybridized carbons (Fsp3) is 0.333. The SMILES string of the molecule is CCNC(=O)c1ccc2c(n1)CCN(Cc1ccccc1Cl)C2. The van der Waals surface area contributed by atoms with E-state index in [0.717, 1.165) is 42.3 Å². The highest BCUT2D eigenvalue weighted by Gasteiger charge is 2.19. The van der Waals surface area contributed by atoms with E-state index in [-0.39, 0.29) is 5.91 Å². The van der Waals surface area contributed by atoms with E-state index < -0.39 is 0 Å². The number of aromatic nitrogens is 1. The lowest BCUT2D eigenvalue weighted by Crippen LogP contribution is -2.32. The third kappa shape index (κ3) is 3.71. The third-order valence-electron chi connectivity index (χ3n) is 4.05. The molecular weight excluding hydrogens is 310 g/mol. The first-order valence-electron chi connectivity index (χ1n) is 7.90. The predicted octanol–water partition coefficient (Wildman–Crippen LogP) is 3.04. The molecule has 0 unspecified atom stereocenters. The molecule has 1 N–H and O–H groups in total. The highest BCUT2D eigenvalue weighted by atomic mass is 35.5. The van der Waals surface area contributed by atoms with E-state index in [0.29, 0.717) is 12.2 Å². The quantitative estimate of drug-likeness (QED) is 0.937. The van der Waals surface area contributed by atoms with Crippen LogP contribution in [-0.4, -0.2) is 28.9 Å². The predicted molar refractivity (Wildman–Crippen MR) is 91.5 cm³/mol. The van der Waals surface area contributed by atoms with Crippen LogP contribution in [0.3, 0.4) is 0 Å². The van der Waals surface area contributed by atoms with Gasteiger partial charge in [-0.1, -0.05) is 35.9 Å². The molecule has 0 aliphatic carbocycles. The van der Waals surface area contributed by atoms with Crippen molar-refractivity contribution in [2.24, 2.45) is 0 Å². The number of amides is 1. The molecule has 2 heterocycles. The summed E-state index contributed by atoms with van der Waals surface area (Å²) in [5.74, 6) is -0.103. The molecule has 1 aromatic heterocycles. The second-order valence-corrected chi connectivity index (χ2v) is 6.12. The van der Waals surface area contributed by atoms with Gasteiger partial charge in [0.25, 0.3) is 5.91 Å². The smallest absolute Gasteiger partial charge is 0.269 e. The van der Waals surface area contributed by atoms with E-state index in [4.69, 9.17) is 11.6 Å². The molecule has 0 spiro atoms. The first-order chi connectivity index (χ1) is 11.2. The zero-order valence-electron chi connectivity index (χ0n) is 13.2. The van der Waals surface area contributed by atoms with Gasteiger partial charge in [0.15, 0.2) is 0 Å². The normalized spacial score (nSPS) is 14.3. The van der Waals surface area contributed by atoms with Crippen LogP contribution in [0.5, 0.6) is 0 Å². The number of fused-ring (bicyclic) bond motifs is 1. The van der Waals surface area contributed by atoms with Gasteiger partial charge in [-0.2, -0.15) is 0 Å². The molecule has 0 saturated carbocycles. The van der Waals surface area contributed by atoms with Gasteiger partial charge < -0.3 is 5.32 Å². The second-order valence-electron chi connectivity index (χ2n) is 5.71. The maximum Gasteiger partial charge on any atom is 0.269 e. The summed E-state index contributed by atoms with van der Waals surface area (Å²) in [5, 5.41) is 3.60. The van der Waals surface area contributed by atoms with Crippen LogP contribution in [-0.2, 0) is 19.5 Å². The van der Waals surface area contributed by atoms with Crippen molar-refractivity contribution in [3.63, 3.8) is 0 Å². The van der Waals surface area contributed by atoms with Gasteiger partial charge in [0, 0.05) is 43.3 Å². The van der Waals surface area contributed by atoms with Gasteiger partial charge in [0.1, 0.15) is 5.69 Å². The van der Waals surface area contributed by atoms with Crippen molar-refractivity contribution in [3.05, 3.63) is 63.9 Å².